The van der Waals surface area contributed by atoms with Gasteiger partial charge < -0.3 is 14.2 Å². The molecule has 0 atom stereocenters. The van der Waals surface area contributed by atoms with Gasteiger partial charge in [0.15, 0.2) is 11.5 Å². The van der Waals surface area contributed by atoms with Crippen LogP contribution in [0.5, 0.6) is 11.5 Å². The molecule has 4 aromatic carbocycles. The minimum atomic E-state index is -4.11. The first-order chi connectivity index (χ1) is 18.2. The van der Waals surface area contributed by atoms with Crippen molar-refractivity contribution in [3.63, 3.8) is 0 Å². The fourth-order valence-corrected chi connectivity index (χ4v) is 5.50. The number of nitrogens with one attached hydrogen (secondary N) is 1. The molecule has 0 aliphatic carbocycles. The number of carbonyl (C=O) groups excluding carboxylic acids is 1. The molecule has 9 heteroatoms. The first-order valence-electron chi connectivity index (χ1n) is 11.6. The Hall–Kier alpha value is -3.88. The van der Waals surface area contributed by atoms with E-state index in [-0.39, 0.29) is 28.6 Å². The van der Waals surface area contributed by atoms with Crippen LogP contribution in [0.25, 0.3) is 16.8 Å². The summed E-state index contributed by atoms with van der Waals surface area (Å²) in [5, 5.41) is 14.4. The lowest BCUT2D eigenvalue weighted by molar-refractivity contribution is -0.112. The van der Waals surface area contributed by atoms with Crippen molar-refractivity contribution in [3.05, 3.63) is 99.1 Å². The van der Waals surface area contributed by atoms with Gasteiger partial charge in [-0.15, -0.1) is 0 Å². The molecule has 0 fully saturated rings. The summed E-state index contributed by atoms with van der Waals surface area (Å²) >= 11 is 1.94. The van der Waals surface area contributed by atoms with Crippen molar-refractivity contribution in [1.82, 2.24) is 0 Å². The fourth-order valence-electron chi connectivity index (χ4n) is 3.66. The molecule has 0 spiro atoms. The summed E-state index contributed by atoms with van der Waals surface area (Å²) in [4.78, 5) is 12.9. The van der Waals surface area contributed by atoms with E-state index in [9.17, 15) is 18.5 Å². The maximum atomic E-state index is 12.9. The van der Waals surface area contributed by atoms with E-state index in [2.05, 4.69) is 5.32 Å². The lowest BCUT2D eigenvalue weighted by Gasteiger charge is -2.15. The average Bonchev–Trinajstić information content (AvgIpc) is 2.89. The molecule has 0 radical (unpaired) electrons. The summed E-state index contributed by atoms with van der Waals surface area (Å²) in [6, 6.07) is 24.6. The van der Waals surface area contributed by atoms with Crippen molar-refractivity contribution in [1.29, 1.82) is 5.26 Å². The van der Waals surface area contributed by atoms with Gasteiger partial charge in [-0.25, -0.2) is 0 Å². The Morgan fingerprint density at radius 2 is 1.74 bits per heavy atom. The van der Waals surface area contributed by atoms with E-state index in [0.717, 1.165) is 16.3 Å². The summed E-state index contributed by atoms with van der Waals surface area (Å²) in [7, 11) is -4.11. The van der Waals surface area contributed by atoms with Crippen molar-refractivity contribution in [3.8, 4) is 17.6 Å². The second kappa shape index (κ2) is 11.7. The van der Waals surface area contributed by atoms with Crippen LogP contribution in [-0.2, 0) is 14.9 Å². The molecule has 1 amide bonds. The minimum absolute atomic E-state index is 0.0162. The molecule has 7 nitrogen and oxygen atoms in total. The molecule has 0 saturated heterocycles. The lowest BCUT2D eigenvalue weighted by Crippen LogP contribution is -2.13. The van der Waals surface area contributed by atoms with E-state index < -0.39 is 16.0 Å². The van der Waals surface area contributed by atoms with Gasteiger partial charge in [0.1, 0.15) is 16.5 Å². The third-order valence-electron chi connectivity index (χ3n) is 5.52. The van der Waals surface area contributed by atoms with Crippen LogP contribution in [0.2, 0.25) is 0 Å². The highest BCUT2D eigenvalue weighted by molar-refractivity contribution is 14.1. The van der Waals surface area contributed by atoms with Gasteiger partial charge in [-0.2, -0.15) is 13.7 Å². The molecule has 0 aliphatic rings. The Bertz CT molecular complexity index is 1690. The average molecular weight is 638 g/mol. The van der Waals surface area contributed by atoms with Crippen molar-refractivity contribution >= 4 is 61.2 Å². The zero-order valence-corrected chi connectivity index (χ0v) is 23.5. The number of carbonyl (C=O) groups is 1. The molecule has 4 rings (SSSR count). The quantitative estimate of drug-likeness (QED) is 0.103. The molecule has 0 unspecified atom stereocenters. The Balaban J connectivity index is 1.62. The van der Waals surface area contributed by atoms with Crippen LogP contribution < -0.4 is 14.2 Å². The van der Waals surface area contributed by atoms with Crippen LogP contribution in [0.4, 0.5) is 5.69 Å². The highest BCUT2D eigenvalue weighted by atomic mass is 127. The Morgan fingerprint density at radius 1 is 1.03 bits per heavy atom. The van der Waals surface area contributed by atoms with Crippen LogP contribution >= 0.6 is 22.6 Å². The fraction of sp³-hybridized carbons (Fsp3) is 0.103. The number of nitrogens with zero attached hydrogens (tertiary/aromatic N) is 1. The zero-order valence-electron chi connectivity index (χ0n) is 20.6. The number of fused-ring (bicyclic) bond motifs is 1. The Labute approximate surface area is 235 Å². The highest BCUT2D eigenvalue weighted by Gasteiger charge is 2.22. The number of benzene rings is 4. The number of ether oxygens (including phenoxy) is 1. The summed E-state index contributed by atoms with van der Waals surface area (Å²) in [6.07, 6.45) is 1.42. The molecule has 0 heterocycles. The van der Waals surface area contributed by atoms with Gasteiger partial charge in [0.05, 0.1) is 10.2 Å². The van der Waals surface area contributed by atoms with Gasteiger partial charge in [0.2, 0.25) is 0 Å². The van der Waals surface area contributed by atoms with Crippen LogP contribution in [-0.4, -0.2) is 20.9 Å². The largest absolute Gasteiger partial charge is 0.490 e. The second-order valence-corrected chi connectivity index (χ2v) is 11.0. The van der Waals surface area contributed by atoms with Gasteiger partial charge in [-0.05, 0) is 95.2 Å². The molecule has 0 saturated carbocycles. The molecule has 0 aromatic heterocycles. The third kappa shape index (κ3) is 6.33. The van der Waals surface area contributed by atoms with Gasteiger partial charge in [-0.3, -0.25) is 4.79 Å². The van der Waals surface area contributed by atoms with E-state index in [1.807, 2.05) is 72.0 Å². The van der Waals surface area contributed by atoms with Crippen molar-refractivity contribution in [2.75, 3.05) is 11.9 Å². The summed E-state index contributed by atoms with van der Waals surface area (Å²) in [6.45, 7) is 3.86. The third-order valence-corrected chi connectivity index (χ3v) is 7.55. The second-order valence-electron chi connectivity index (χ2n) is 8.30. The van der Waals surface area contributed by atoms with Crippen molar-refractivity contribution in [2.24, 2.45) is 0 Å². The van der Waals surface area contributed by atoms with Crippen LogP contribution in [0, 0.1) is 21.8 Å². The van der Waals surface area contributed by atoms with E-state index in [1.165, 1.54) is 24.3 Å². The Morgan fingerprint density at radius 3 is 2.42 bits per heavy atom. The number of amides is 1. The van der Waals surface area contributed by atoms with Gasteiger partial charge in [0, 0.05) is 5.69 Å². The van der Waals surface area contributed by atoms with Crippen LogP contribution in [0.15, 0.2) is 89.3 Å². The standard InChI is InChI=1S/C29H23IN2O5S/c1-3-36-27-16-20(15-26(30)28(27)37-38(34,35)25-12-8-19(2)9-13-25)14-23(18-31)29(33)32-24-11-10-21-6-4-5-7-22(21)17-24/h4-17H,3H2,1-2H3,(H,32,33)/b23-14+. The number of aryl methyl sites for hydroxylation is 1. The van der Waals surface area contributed by atoms with E-state index >= 15 is 0 Å². The van der Waals surface area contributed by atoms with Gasteiger partial charge in [0.25, 0.3) is 5.91 Å². The summed E-state index contributed by atoms with van der Waals surface area (Å²) in [5.41, 5.74) is 1.83. The molecule has 4 aromatic rings. The predicted octanol–water partition coefficient (Wildman–Crippen LogP) is 6.46. The number of anilines is 1. The zero-order chi connectivity index (χ0) is 27.3. The predicted molar refractivity (Wildman–Crippen MR) is 155 cm³/mol. The molecule has 38 heavy (non-hydrogen) atoms. The highest BCUT2D eigenvalue weighted by Crippen LogP contribution is 2.37. The van der Waals surface area contributed by atoms with E-state index in [4.69, 9.17) is 8.92 Å². The van der Waals surface area contributed by atoms with Crippen LogP contribution in [0.3, 0.4) is 0 Å². The van der Waals surface area contributed by atoms with Gasteiger partial charge >= 0.3 is 10.1 Å². The summed E-state index contributed by atoms with van der Waals surface area (Å²) < 4.78 is 37.3. The number of rotatable bonds is 8. The van der Waals surface area contributed by atoms with Crippen molar-refractivity contribution in [2.45, 2.75) is 18.7 Å². The number of halogens is 1. The topological polar surface area (TPSA) is 105 Å². The molecular weight excluding hydrogens is 615 g/mol. The lowest BCUT2D eigenvalue weighted by atomic mass is 10.1. The monoisotopic (exact) mass is 638 g/mol. The molecule has 1 N–H and O–H groups in total. The molecule has 0 aliphatic heterocycles. The molecular formula is C29H23IN2O5S. The van der Waals surface area contributed by atoms with E-state index in [0.29, 0.717) is 14.8 Å². The maximum Gasteiger partial charge on any atom is 0.339 e. The van der Waals surface area contributed by atoms with E-state index in [1.54, 1.807) is 31.2 Å². The first kappa shape index (κ1) is 27.2. The normalized spacial score (nSPS) is 11.6. The SMILES string of the molecule is CCOc1cc(/C=C(\C#N)C(=O)Nc2ccc3ccccc3c2)cc(I)c1OS(=O)(=O)c1ccc(C)cc1. The Kier molecular flexibility index (Phi) is 8.34. The first-order valence-corrected chi connectivity index (χ1v) is 14.1. The number of nitriles is 1. The molecule has 192 valence electrons. The van der Waals surface area contributed by atoms with Gasteiger partial charge in [-0.1, -0.05) is 48.0 Å². The molecule has 0 bridgehead atoms. The van der Waals surface area contributed by atoms with Crippen molar-refractivity contribution < 1.29 is 22.1 Å². The summed E-state index contributed by atoms with van der Waals surface area (Å²) in [5.74, 6) is -0.365. The minimum Gasteiger partial charge on any atom is -0.490 e. The maximum absolute atomic E-state index is 12.9. The number of hydrogen-bond donors (Lipinski definition) is 1. The number of hydrogen-bond acceptors (Lipinski definition) is 6. The smallest absolute Gasteiger partial charge is 0.339 e. The van der Waals surface area contributed by atoms with Crippen LogP contribution in [0.1, 0.15) is 18.1 Å².